The molecule has 0 saturated carbocycles. The van der Waals surface area contributed by atoms with Gasteiger partial charge in [-0.1, -0.05) is 129 Å². The third-order valence-corrected chi connectivity index (χ3v) is 7.85. The minimum atomic E-state index is -4.31. The van der Waals surface area contributed by atoms with Crippen molar-refractivity contribution in [3.05, 3.63) is 12.2 Å². The van der Waals surface area contributed by atoms with Crippen molar-refractivity contribution in [2.75, 3.05) is 19.8 Å². The van der Waals surface area contributed by atoms with Crippen LogP contribution in [0.1, 0.15) is 142 Å². The summed E-state index contributed by atoms with van der Waals surface area (Å²) in [5.41, 5.74) is 5.32. The summed E-state index contributed by atoms with van der Waals surface area (Å²) in [4.78, 5) is 22.4. The molecule has 0 aliphatic heterocycles. The molecule has 0 aromatic carbocycles. The number of amides is 1. The first kappa shape index (κ1) is 38.2. The third-order valence-electron chi connectivity index (χ3n) is 6.86. The Bertz CT molecular complexity index is 635. The fourth-order valence-electron chi connectivity index (χ4n) is 4.42. The monoisotopic (exact) mass is 576 g/mol. The van der Waals surface area contributed by atoms with Crippen LogP contribution in [0.4, 0.5) is 0 Å². The highest BCUT2D eigenvalue weighted by Gasteiger charge is 2.26. The molecule has 0 bridgehead atoms. The summed E-state index contributed by atoms with van der Waals surface area (Å²) in [6.07, 6.45) is 25.4. The Kier molecular flexibility index (Phi) is 26.9. The van der Waals surface area contributed by atoms with E-state index < -0.39 is 20.0 Å². The Morgan fingerprint density at radius 1 is 0.821 bits per heavy atom. The molecular weight excluding hydrogens is 515 g/mol. The molecular formula is C30H61N2O6P. The van der Waals surface area contributed by atoms with Crippen molar-refractivity contribution in [2.24, 2.45) is 5.73 Å². The molecule has 0 aromatic rings. The number of hydrogen-bond donors (Lipinski definition) is 4. The molecule has 8 nitrogen and oxygen atoms in total. The lowest BCUT2D eigenvalue weighted by molar-refractivity contribution is -0.123. The van der Waals surface area contributed by atoms with Crippen LogP contribution in [0, 0.1) is 0 Å². The highest BCUT2D eigenvalue weighted by molar-refractivity contribution is 7.47. The summed E-state index contributed by atoms with van der Waals surface area (Å²) in [7, 11) is -4.31. The molecule has 0 aromatic heterocycles. The Morgan fingerprint density at radius 2 is 1.31 bits per heavy atom. The normalized spacial score (nSPS) is 14.9. The van der Waals surface area contributed by atoms with Crippen LogP contribution < -0.4 is 11.1 Å². The molecule has 5 N–H and O–H groups in total. The molecule has 0 aliphatic rings. The molecule has 0 heterocycles. The molecule has 3 atom stereocenters. The maximum absolute atomic E-state index is 12.6. The maximum atomic E-state index is 12.6. The van der Waals surface area contributed by atoms with E-state index in [1.54, 1.807) is 6.08 Å². The zero-order valence-corrected chi connectivity index (χ0v) is 26.0. The number of aliphatic hydroxyl groups excluding tert-OH is 1. The maximum Gasteiger partial charge on any atom is 0.472 e. The van der Waals surface area contributed by atoms with Gasteiger partial charge in [0.15, 0.2) is 0 Å². The fraction of sp³-hybridized carbons (Fsp3) is 0.900. The van der Waals surface area contributed by atoms with Crippen molar-refractivity contribution in [2.45, 2.75) is 154 Å². The van der Waals surface area contributed by atoms with Crippen LogP contribution in [0.5, 0.6) is 0 Å². The van der Waals surface area contributed by atoms with Crippen molar-refractivity contribution >= 4 is 13.7 Å². The van der Waals surface area contributed by atoms with Crippen LogP contribution in [-0.4, -0.2) is 47.8 Å². The van der Waals surface area contributed by atoms with E-state index in [0.717, 1.165) is 38.5 Å². The van der Waals surface area contributed by atoms with E-state index in [0.29, 0.717) is 6.42 Å². The summed E-state index contributed by atoms with van der Waals surface area (Å²) >= 11 is 0. The second kappa shape index (κ2) is 27.4. The summed E-state index contributed by atoms with van der Waals surface area (Å²) < 4.78 is 21.9. The Hall–Kier alpha value is -0.760. The lowest BCUT2D eigenvalue weighted by atomic mass is 10.0. The number of hydrogen-bond acceptors (Lipinski definition) is 6. The standard InChI is InChI=1S/C30H61N2O6P/c1-3-5-7-9-11-13-14-16-18-20-22-24-30(34)32-28(27-38-39(35,36)37-26-25-31)29(33)23-21-19-17-15-12-10-8-6-4-2/h21,23,28-29,33H,3-20,22,24-27,31H2,1-2H3,(H,32,34)(H,35,36)/b23-21+/t28-,29+/m0/s1. The molecule has 0 fully saturated rings. The van der Waals surface area contributed by atoms with E-state index in [1.165, 1.54) is 83.5 Å². The summed E-state index contributed by atoms with van der Waals surface area (Å²) in [5, 5.41) is 13.5. The lowest BCUT2D eigenvalue weighted by Crippen LogP contribution is -2.45. The second-order valence-electron chi connectivity index (χ2n) is 10.7. The zero-order chi connectivity index (χ0) is 29.0. The first-order valence-corrected chi connectivity index (χ1v) is 17.3. The van der Waals surface area contributed by atoms with Crippen LogP contribution in [0.2, 0.25) is 0 Å². The van der Waals surface area contributed by atoms with E-state index in [2.05, 4.69) is 19.2 Å². The molecule has 0 radical (unpaired) electrons. The minimum Gasteiger partial charge on any atom is -0.387 e. The number of carbonyl (C=O) groups is 1. The Morgan fingerprint density at radius 3 is 1.82 bits per heavy atom. The highest BCUT2D eigenvalue weighted by atomic mass is 31.2. The average molecular weight is 577 g/mol. The molecule has 0 aliphatic carbocycles. The average Bonchev–Trinajstić information content (AvgIpc) is 2.91. The van der Waals surface area contributed by atoms with Gasteiger partial charge in [-0.25, -0.2) is 4.57 Å². The number of phosphoric acid groups is 1. The van der Waals surface area contributed by atoms with Crippen molar-refractivity contribution in [1.82, 2.24) is 5.32 Å². The van der Waals surface area contributed by atoms with Gasteiger partial charge in [-0.3, -0.25) is 13.8 Å². The van der Waals surface area contributed by atoms with Gasteiger partial charge in [0.2, 0.25) is 5.91 Å². The predicted octanol–water partition coefficient (Wildman–Crippen LogP) is 7.32. The van der Waals surface area contributed by atoms with Crippen molar-refractivity contribution in [1.29, 1.82) is 0 Å². The molecule has 0 spiro atoms. The predicted molar refractivity (Wildman–Crippen MR) is 162 cm³/mol. The SMILES string of the molecule is CCCCCCCCC/C=C/[C@@H](O)[C@H](COP(=O)(O)OCCN)NC(=O)CCCCCCCCCCCCC. The topological polar surface area (TPSA) is 131 Å². The van der Waals surface area contributed by atoms with E-state index >= 15 is 0 Å². The van der Waals surface area contributed by atoms with Gasteiger partial charge in [0.25, 0.3) is 0 Å². The van der Waals surface area contributed by atoms with E-state index in [4.69, 9.17) is 14.8 Å². The first-order chi connectivity index (χ1) is 18.9. The van der Waals surface area contributed by atoms with Gasteiger partial charge < -0.3 is 21.1 Å². The van der Waals surface area contributed by atoms with Gasteiger partial charge in [0, 0.05) is 13.0 Å². The molecule has 0 rings (SSSR count). The number of nitrogens with one attached hydrogen (secondary N) is 1. The minimum absolute atomic E-state index is 0.0804. The summed E-state index contributed by atoms with van der Waals surface area (Å²) in [6.45, 7) is 4.06. The lowest BCUT2D eigenvalue weighted by Gasteiger charge is -2.23. The molecule has 232 valence electrons. The number of aliphatic hydroxyl groups is 1. The van der Waals surface area contributed by atoms with Crippen LogP contribution in [0.25, 0.3) is 0 Å². The third kappa shape index (κ3) is 25.9. The zero-order valence-electron chi connectivity index (χ0n) is 25.1. The first-order valence-electron chi connectivity index (χ1n) is 15.8. The molecule has 39 heavy (non-hydrogen) atoms. The number of carbonyl (C=O) groups excluding carboxylic acids is 1. The van der Waals surface area contributed by atoms with Gasteiger partial charge in [0.1, 0.15) is 0 Å². The number of unbranched alkanes of at least 4 members (excludes halogenated alkanes) is 17. The van der Waals surface area contributed by atoms with Gasteiger partial charge >= 0.3 is 7.82 Å². The van der Waals surface area contributed by atoms with E-state index in [-0.39, 0.29) is 25.7 Å². The summed E-state index contributed by atoms with van der Waals surface area (Å²) in [6, 6.07) is -0.850. The molecule has 9 heteroatoms. The van der Waals surface area contributed by atoms with Gasteiger partial charge in [-0.15, -0.1) is 0 Å². The fourth-order valence-corrected chi connectivity index (χ4v) is 5.18. The van der Waals surface area contributed by atoms with Crippen LogP contribution in [-0.2, 0) is 18.4 Å². The Labute approximate surface area is 239 Å². The quantitative estimate of drug-likeness (QED) is 0.0417. The van der Waals surface area contributed by atoms with E-state index in [9.17, 15) is 19.4 Å². The number of phosphoric ester groups is 1. The highest BCUT2D eigenvalue weighted by Crippen LogP contribution is 2.43. The van der Waals surface area contributed by atoms with Gasteiger partial charge in [-0.2, -0.15) is 0 Å². The van der Waals surface area contributed by atoms with Crippen LogP contribution >= 0.6 is 7.82 Å². The molecule has 1 unspecified atom stereocenters. The number of allylic oxidation sites excluding steroid dienone is 1. The van der Waals surface area contributed by atoms with Gasteiger partial charge in [0.05, 0.1) is 25.4 Å². The van der Waals surface area contributed by atoms with Crippen molar-refractivity contribution in [3.63, 3.8) is 0 Å². The molecule has 0 saturated heterocycles. The second-order valence-corrected chi connectivity index (χ2v) is 12.1. The van der Waals surface area contributed by atoms with Crippen molar-refractivity contribution in [3.8, 4) is 0 Å². The molecule has 1 amide bonds. The number of rotatable bonds is 29. The van der Waals surface area contributed by atoms with Crippen molar-refractivity contribution < 1.29 is 28.4 Å². The van der Waals surface area contributed by atoms with E-state index in [1.807, 2.05) is 6.08 Å². The smallest absolute Gasteiger partial charge is 0.387 e. The number of nitrogens with two attached hydrogens (primary N) is 1. The van der Waals surface area contributed by atoms with Gasteiger partial charge in [-0.05, 0) is 19.3 Å². The van der Waals surface area contributed by atoms with Crippen LogP contribution in [0.3, 0.4) is 0 Å². The Balaban J connectivity index is 4.43. The summed E-state index contributed by atoms with van der Waals surface area (Å²) in [5.74, 6) is -0.199. The largest absolute Gasteiger partial charge is 0.472 e. The van der Waals surface area contributed by atoms with Crippen LogP contribution in [0.15, 0.2) is 12.2 Å².